The number of nitrogens with zero attached hydrogens (tertiary/aromatic N) is 1. The zero-order valence-electron chi connectivity index (χ0n) is 9.98. The molecule has 1 aromatic heterocycles. The van der Waals surface area contributed by atoms with Crippen molar-refractivity contribution in [3.63, 3.8) is 0 Å². The van der Waals surface area contributed by atoms with Crippen molar-refractivity contribution in [3.05, 3.63) is 68.8 Å². The molecule has 19 heavy (non-hydrogen) atoms. The summed E-state index contributed by atoms with van der Waals surface area (Å²) < 4.78 is 15.4. The van der Waals surface area contributed by atoms with Gasteiger partial charge in [0.15, 0.2) is 5.78 Å². The van der Waals surface area contributed by atoms with Gasteiger partial charge in [0, 0.05) is 23.2 Å². The fraction of sp³-hybridized carbons (Fsp3) is 0.143. The van der Waals surface area contributed by atoms with Crippen LogP contribution in [0.4, 0.5) is 4.39 Å². The Kier molecular flexibility index (Phi) is 4.27. The molecular weight excluding hydrogens is 313 g/mol. The first kappa shape index (κ1) is 13.7. The van der Waals surface area contributed by atoms with Crippen LogP contribution in [0.2, 0.25) is 0 Å². The predicted octanol–water partition coefficient (Wildman–Crippen LogP) is 2.56. The van der Waals surface area contributed by atoms with Crippen molar-refractivity contribution in [1.82, 2.24) is 4.57 Å². The third-order valence-electron chi connectivity index (χ3n) is 2.64. The minimum atomic E-state index is -0.405. The second-order valence-corrected chi connectivity index (χ2v) is 5.04. The van der Waals surface area contributed by atoms with Crippen molar-refractivity contribution in [2.75, 3.05) is 0 Å². The van der Waals surface area contributed by atoms with Gasteiger partial charge in [-0.15, -0.1) is 0 Å². The third kappa shape index (κ3) is 3.61. The summed E-state index contributed by atoms with van der Waals surface area (Å²) in [7, 11) is 0. The number of benzene rings is 1. The fourth-order valence-corrected chi connectivity index (χ4v) is 2.11. The summed E-state index contributed by atoms with van der Waals surface area (Å²) in [5.41, 5.74) is 0.0839. The van der Waals surface area contributed by atoms with Gasteiger partial charge in [-0.05, 0) is 33.6 Å². The van der Waals surface area contributed by atoms with Crippen LogP contribution in [0.1, 0.15) is 5.56 Å². The Hall–Kier alpha value is -1.75. The lowest BCUT2D eigenvalue weighted by Gasteiger charge is -2.06. The lowest BCUT2D eigenvalue weighted by molar-refractivity contribution is -0.119. The number of carbonyl (C=O) groups is 1. The van der Waals surface area contributed by atoms with Gasteiger partial charge >= 0.3 is 0 Å². The highest BCUT2D eigenvalue weighted by molar-refractivity contribution is 9.10. The van der Waals surface area contributed by atoms with Gasteiger partial charge in [0.2, 0.25) is 0 Å². The molecule has 3 nitrogen and oxygen atoms in total. The summed E-state index contributed by atoms with van der Waals surface area (Å²) in [6, 6.07) is 9.12. The van der Waals surface area contributed by atoms with Crippen LogP contribution in [0.15, 0.2) is 51.9 Å². The molecule has 0 N–H and O–H groups in total. The Morgan fingerprint density at radius 2 is 1.95 bits per heavy atom. The van der Waals surface area contributed by atoms with Crippen LogP contribution in [0.25, 0.3) is 0 Å². The average Bonchev–Trinajstić information content (AvgIpc) is 2.37. The fourth-order valence-electron chi connectivity index (χ4n) is 1.73. The Labute approximate surface area is 117 Å². The molecule has 0 fully saturated rings. The molecule has 0 aliphatic heterocycles. The molecule has 0 radical (unpaired) electrons. The molecule has 0 atom stereocenters. The molecule has 98 valence electrons. The zero-order chi connectivity index (χ0) is 13.8. The Balaban J connectivity index is 2.12. The Morgan fingerprint density at radius 3 is 2.68 bits per heavy atom. The summed E-state index contributed by atoms with van der Waals surface area (Å²) in [6.45, 7) is -0.0629. The molecule has 0 spiro atoms. The van der Waals surface area contributed by atoms with Gasteiger partial charge in [-0.25, -0.2) is 4.39 Å². The van der Waals surface area contributed by atoms with E-state index in [0.29, 0.717) is 10.0 Å². The van der Waals surface area contributed by atoms with E-state index in [-0.39, 0.29) is 24.3 Å². The number of pyridine rings is 1. The van der Waals surface area contributed by atoms with Gasteiger partial charge in [-0.1, -0.05) is 18.2 Å². The molecule has 0 aliphatic rings. The highest BCUT2D eigenvalue weighted by Gasteiger charge is 2.09. The molecule has 2 aromatic rings. The molecular formula is C14H11BrFNO2. The van der Waals surface area contributed by atoms with Gasteiger partial charge in [0.05, 0.1) is 6.54 Å². The van der Waals surface area contributed by atoms with Crippen LogP contribution < -0.4 is 5.56 Å². The van der Waals surface area contributed by atoms with E-state index in [1.54, 1.807) is 30.5 Å². The first-order valence-corrected chi connectivity index (χ1v) is 6.46. The summed E-state index contributed by atoms with van der Waals surface area (Å²) >= 11 is 3.23. The van der Waals surface area contributed by atoms with E-state index in [0.717, 1.165) is 0 Å². The maximum Gasteiger partial charge on any atom is 0.250 e. The summed E-state index contributed by atoms with van der Waals surface area (Å²) in [5, 5.41) is 0. The minimum Gasteiger partial charge on any atom is -0.307 e. The molecule has 0 saturated carbocycles. The maximum absolute atomic E-state index is 13.4. The van der Waals surface area contributed by atoms with E-state index >= 15 is 0 Å². The van der Waals surface area contributed by atoms with Gasteiger partial charge in [0.1, 0.15) is 5.82 Å². The van der Waals surface area contributed by atoms with Gasteiger partial charge in [-0.3, -0.25) is 9.59 Å². The number of halogens is 2. The van der Waals surface area contributed by atoms with Gasteiger partial charge < -0.3 is 4.57 Å². The molecule has 1 aromatic carbocycles. The van der Waals surface area contributed by atoms with Gasteiger partial charge in [0.25, 0.3) is 5.56 Å². The lowest BCUT2D eigenvalue weighted by Crippen LogP contribution is -2.24. The van der Waals surface area contributed by atoms with Crippen LogP contribution in [-0.2, 0) is 17.8 Å². The van der Waals surface area contributed by atoms with Crippen LogP contribution in [0.5, 0.6) is 0 Å². The molecule has 0 amide bonds. The van der Waals surface area contributed by atoms with Crippen LogP contribution >= 0.6 is 15.9 Å². The molecule has 0 bridgehead atoms. The Bertz CT molecular complexity index is 666. The van der Waals surface area contributed by atoms with Crippen molar-refractivity contribution < 1.29 is 9.18 Å². The molecule has 0 saturated heterocycles. The number of hydrogen-bond donors (Lipinski definition) is 0. The number of hydrogen-bond acceptors (Lipinski definition) is 2. The summed E-state index contributed by atoms with van der Waals surface area (Å²) in [5.74, 6) is -0.622. The second-order valence-electron chi connectivity index (χ2n) is 4.12. The molecule has 0 unspecified atom stereocenters. The second kappa shape index (κ2) is 5.93. The lowest BCUT2D eigenvalue weighted by atomic mass is 10.1. The van der Waals surface area contributed by atoms with E-state index in [1.165, 1.54) is 16.7 Å². The van der Waals surface area contributed by atoms with Crippen molar-refractivity contribution in [1.29, 1.82) is 0 Å². The van der Waals surface area contributed by atoms with E-state index in [1.807, 2.05) is 0 Å². The van der Waals surface area contributed by atoms with Crippen LogP contribution in [0, 0.1) is 5.82 Å². The van der Waals surface area contributed by atoms with E-state index in [9.17, 15) is 14.0 Å². The highest BCUT2D eigenvalue weighted by atomic mass is 79.9. The Morgan fingerprint density at radius 1 is 1.21 bits per heavy atom. The first-order valence-electron chi connectivity index (χ1n) is 5.67. The number of ketones is 1. The number of Topliss-reactive ketones (excluding diaryl/α,β-unsaturated/α-hetero) is 1. The zero-order valence-corrected chi connectivity index (χ0v) is 11.6. The monoisotopic (exact) mass is 323 g/mol. The van der Waals surface area contributed by atoms with E-state index in [2.05, 4.69) is 15.9 Å². The van der Waals surface area contributed by atoms with Crippen LogP contribution in [-0.4, -0.2) is 10.4 Å². The molecule has 0 aliphatic carbocycles. The average molecular weight is 324 g/mol. The van der Waals surface area contributed by atoms with E-state index in [4.69, 9.17) is 0 Å². The van der Waals surface area contributed by atoms with E-state index < -0.39 is 5.82 Å². The van der Waals surface area contributed by atoms with Crippen LogP contribution in [0.3, 0.4) is 0 Å². The van der Waals surface area contributed by atoms with Gasteiger partial charge in [-0.2, -0.15) is 0 Å². The third-order valence-corrected chi connectivity index (χ3v) is 3.11. The highest BCUT2D eigenvalue weighted by Crippen LogP contribution is 2.09. The number of carbonyl (C=O) groups excluding carboxylic acids is 1. The molecule has 2 rings (SSSR count). The normalized spacial score (nSPS) is 10.4. The minimum absolute atomic E-state index is 0.0222. The van der Waals surface area contributed by atoms with Crippen molar-refractivity contribution in [2.24, 2.45) is 0 Å². The topological polar surface area (TPSA) is 39.1 Å². The predicted molar refractivity (Wildman–Crippen MR) is 73.5 cm³/mol. The van der Waals surface area contributed by atoms with Crippen molar-refractivity contribution >= 4 is 21.7 Å². The maximum atomic E-state index is 13.4. The SMILES string of the molecule is O=C(Cc1ccccc1F)Cn1cc(Br)ccc1=O. The molecule has 1 heterocycles. The first-order chi connectivity index (χ1) is 9.06. The van der Waals surface area contributed by atoms with Crippen molar-refractivity contribution in [3.8, 4) is 0 Å². The quantitative estimate of drug-likeness (QED) is 0.867. The number of aromatic nitrogens is 1. The smallest absolute Gasteiger partial charge is 0.250 e. The number of rotatable bonds is 4. The summed E-state index contributed by atoms with van der Waals surface area (Å²) in [4.78, 5) is 23.4. The molecule has 5 heteroatoms. The standard InChI is InChI=1S/C14H11BrFNO2/c15-11-5-6-14(19)17(8-11)9-12(18)7-10-3-1-2-4-13(10)16/h1-6,8H,7,9H2. The largest absolute Gasteiger partial charge is 0.307 e. The van der Waals surface area contributed by atoms with Crippen molar-refractivity contribution in [2.45, 2.75) is 13.0 Å². The summed E-state index contributed by atoms with van der Waals surface area (Å²) in [6.07, 6.45) is 1.52.